The Bertz CT molecular complexity index is 458. The molecule has 0 saturated carbocycles. The maximum absolute atomic E-state index is 11.3. The van der Waals surface area contributed by atoms with Crippen molar-refractivity contribution in [3.8, 4) is 0 Å². The zero-order valence-electron chi connectivity index (χ0n) is 12.4. The van der Waals surface area contributed by atoms with Crippen LogP contribution in [-0.2, 0) is 18.4 Å². The molecule has 1 aliphatic rings. The third kappa shape index (κ3) is 3.15. The van der Waals surface area contributed by atoms with E-state index in [9.17, 15) is 4.79 Å². The maximum Gasteiger partial charge on any atom is 0.219 e. The average Bonchev–Trinajstić information content (AvgIpc) is 2.62. The molecule has 5 nitrogen and oxygen atoms in total. The van der Waals surface area contributed by atoms with Crippen LogP contribution in [0.1, 0.15) is 36.7 Å². The third-order valence-electron chi connectivity index (χ3n) is 4.17. The van der Waals surface area contributed by atoms with E-state index in [0.717, 1.165) is 38.2 Å². The van der Waals surface area contributed by atoms with E-state index in [1.807, 2.05) is 16.6 Å². The van der Waals surface area contributed by atoms with Gasteiger partial charge in [0, 0.05) is 50.9 Å². The molecular formula is C14H24N4O. The lowest BCUT2D eigenvalue weighted by Crippen LogP contribution is -2.44. The normalized spacial score (nSPS) is 16.9. The lowest BCUT2D eigenvalue weighted by molar-refractivity contribution is -0.129. The van der Waals surface area contributed by atoms with Crippen molar-refractivity contribution in [2.45, 2.75) is 46.2 Å². The molecule has 0 bridgehead atoms. The highest BCUT2D eigenvalue weighted by Gasteiger charge is 2.20. The second kappa shape index (κ2) is 5.74. The van der Waals surface area contributed by atoms with Crippen LogP contribution in [0.4, 0.5) is 0 Å². The molecule has 1 amide bonds. The Labute approximate surface area is 115 Å². The summed E-state index contributed by atoms with van der Waals surface area (Å²) in [5.41, 5.74) is 3.64. The molecule has 5 heteroatoms. The van der Waals surface area contributed by atoms with Crippen LogP contribution in [0.5, 0.6) is 0 Å². The number of carbonyl (C=O) groups is 1. The summed E-state index contributed by atoms with van der Waals surface area (Å²) < 4.78 is 1.94. The molecule has 0 unspecified atom stereocenters. The summed E-state index contributed by atoms with van der Waals surface area (Å²) in [6.07, 6.45) is 2.08. The van der Waals surface area contributed by atoms with Crippen LogP contribution in [0.15, 0.2) is 0 Å². The first-order valence-electron chi connectivity index (χ1n) is 6.97. The van der Waals surface area contributed by atoms with Gasteiger partial charge in [-0.3, -0.25) is 9.48 Å². The van der Waals surface area contributed by atoms with Crippen molar-refractivity contribution in [2.24, 2.45) is 7.05 Å². The molecule has 1 aliphatic heterocycles. The molecule has 0 aromatic carbocycles. The molecule has 0 atom stereocenters. The highest BCUT2D eigenvalue weighted by molar-refractivity contribution is 5.73. The molecule has 2 rings (SSSR count). The number of nitrogens with zero attached hydrogens (tertiary/aromatic N) is 3. The number of aromatic nitrogens is 2. The number of likely N-dealkylation sites (tertiary alicyclic amines) is 1. The van der Waals surface area contributed by atoms with E-state index in [1.54, 1.807) is 6.92 Å². The molecule has 19 heavy (non-hydrogen) atoms. The summed E-state index contributed by atoms with van der Waals surface area (Å²) in [6, 6.07) is 0.509. The van der Waals surface area contributed by atoms with Crippen molar-refractivity contribution < 1.29 is 4.79 Å². The van der Waals surface area contributed by atoms with E-state index in [2.05, 4.69) is 24.3 Å². The van der Waals surface area contributed by atoms with Gasteiger partial charge in [0.15, 0.2) is 0 Å². The number of carbonyl (C=O) groups excluding carboxylic acids is 1. The van der Waals surface area contributed by atoms with Crippen LogP contribution < -0.4 is 5.32 Å². The van der Waals surface area contributed by atoms with Crippen LogP contribution in [0, 0.1) is 13.8 Å². The van der Waals surface area contributed by atoms with Crippen LogP contribution in [0.2, 0.25) is 0 Å². The molecule has 0 aliphatic carbocycles. The van der Waals surface area contributed by atoms with Gasteiger partial charge in [0.05, 0.1) is 5.69 Å². The zero-order valence-corrected chi connectivity index (χ0v) is 12.4. The number of aryl methyl sites for hydroxylation is 2. The van der Waals surface area contributed by atoms with Gasteiger partial charge in [0.2, 0.25) is 5.91 Å². The van der Waals surface area contributed by atoms with Crippen molar-refractivity contribution >= 4 is 5.91 Å². The Morgan fingerprint density at radius 1 is 1.37 bits per heavy atom. The highest BCUT2D eigenvalue weighted by atomic mass is 16.2. The summed E-state index contributed by atoms with van der Waals surface area (Å²) in [7, 11) is 1.98. The monoisotopic (exact) mass is 264 g/mol. The van der Waals surface area contributed by atoms with Gasteiger partial charge in [-0.25, -0.2) is 0 Å². The summed E-state index contributed by atoms with van der Waals surface area (Å²) >= 11 is 0. The van der Waals surface area contributed by atoms with Crippen molar-refractivity contribution in [3.05, 3.63) is 17.0 Å². The quantitative estimate of drug-likeness (QED) is 0.890. The maximum atomic E-state index is 11.3. The number of hydrogen-bond acceptors (Lipinski definition) is 3. The van der Waals surface area contributed by atoms with E-state index in [1.165, 1.54) is 11.3 Å². The van der Waals surface area contributed by atoms with E-state index in [-0.39, 0.29) is 5.91 Å². The Morgan fingerprint density at radius 3 is 2.47 bits per heavy atom. The summed E-state index contributed by atoms with van der Waals surface area (Å²) in [6.45, 7) is 8.43. The number of rotatable bonds is 3. The molecule has 1 saturated heterocycles. The van der Waals surface area contributed by atoms with E-state index in [0.29, 0.717) is 6.04 Å². The lowest BCUT2D eigenvalue weighted by Gasteiger charge is -2.31. The third-order valence-corrected chi connectivity index (χ3v) is 4.17. The van der Waals surface area contributed by atoms with Crippen molar-refractivity contribution in [3.63, 3.8) is 0 Å². The smallest absolute Gasteiger partial charge is 0.219 e. The van der Waals surface area contributed by atoms with Crippen molar-refractivity contribution in [2.75, 3.05) is 13.1 Å². The second-order valence-electron chi connectivity index (χ2n) is 5.43. The molecule has 0 radical (unpaired) electrons. The van der Waals surface area contributed by atoms with Gasteiger partial charge < -0.3 is 10.2 Å². The molecule has 1 N–H and O–H groups in total. The fourth-order valence-electron chi connectivity index (χ4n) is 2.72. The topological polar surface area (TPSA) is 50.2 Å². The van der Waals surface area contributed by atoms with Crippen LogP contribution in [-0.4, -0.2) is 39.7 Å². The first kappa shape index (κ1) is 14.1. The predicted octanol–water partition coefficient (Wildman–Crippen LogP) is 1.14. The number of amides is 1. The van der Waals surface area contributed by atoms with Crippen LogP contribution >= 0.6 is 0 Å². The largest absolute Gasteiger partial charge is 0.343 e. The van der Waals surface area contributed by atoms with E-state index >= 15 is 0 Å². The van der Waals surface area contributed by atoms with Gasteiger partial charge in [-0.1, -0.05) is 0 Å². The lowest BCUT2D eigenvalue weighted by atomic mass is 10.0. The number of piperidine rings is 1. The minimum absolute atomic E-state index is 0.192. The van der Waals surface area contributed by atoms with Crippen LogP contribution in [0.3, 0.4) is 0 Å². The van der Waals surface area contributed by atoms with Crippen LogP contribution in [0.25, 0.3) is 0 Å². The SMILES string of the molecule is CC(=O)N1CCC(NCc2c(C)nn(C)c2C)CC1. The first-order valence-corrected chi connectivity index (χ1v) is 6.97. The molecule has 1 fully saturated rings. The molecule has 1 aromatic heterocycles. The van der Waals surface area contributed by atoms with Gasteiger partial charge in [-0.05, 0) is 26.7 Å². The van der Waals surface area contributed by atoms with E-state index in [4.69, 9.17) is 0 Å². The van der Waals surface area contributed by atoms with Gasteiger partial charge in [-0.2, -0.15) is 5.10 Å². The second-order valence-corrected chi connectivity index (χ2v) is 5.43. The Balaban J connectivity index is 1.85. The van der Waals surface area contributed by atoms with Crippen molar-refractivity contribution in [1.82, 2.24) is 20.0 Å². The number of nitrogens with one attached hydrogen (secondary N) is 1. The minimum atomic E-state index is 0.192. The fraction of sp³-hybridized carbons (Fsp3) is 0.714. The molecule has 1 aromatic rings. The molecule has 0 spiro atoms. The molecule has 2 heterocycles. The summed E-state index contributed by atoms with van der Waals surface area (Å²) in [5, 5.41) is 8.03. The fourth-order valence-corrected chi connectivity index (χ4v) is 2.72. The summed E-state index contributed by atoms with van der Waals surface area (Å²) in [5.74, 6) is 0.192. The predicted molar refractivity (Wildman–Crippen MR) is 74.8 cm³/mol. The Morgan fingerprint density at radius 2 is 2.00 bits per heavy atom. The van der Waals surface area contributed by atoms with Gasteiger partial charge >= 0.3 is 0 Å². The minimum Gasteiger partial charge on any atom is -0.343 e. The van der Waals surface area contributed by atoms with Gasteiger partial charge in [0.1, 0.15) is 0 Å². The van der Waals surface area contributed by atoms with Crippen molar-refractivity contribution in [1.29, 1.82) is 0 Å². The Kier molecular flexibility index (Phi) is 4.24. The van der Waals surface area contributed by atoms with E-state index < -0.39 is 0 Å². The standard InChI is InChI=1S/C14H24N4O/c1-10-14(11(2)17(4)16-10)9-15-13-5-7-18(8-6-13)12(3)19/h13,15H,5-9H2,1-4H3. The Hall–Kier alpha value is -1.36. The zero-order chi connectivity index (χ0) is 14.0. The number of hydrogen-bond donors (Lipinski definition) is 1. The van der Waals surface area contributed by atoms with Gasteiger partial charge in [0.25, 0.3) is 0 Å². The summed E-state index contributed by atoms with van der Waals surface area (Å²) in [4.78, 5) is 13.2. The average molecular weight is 264 g/mol. The highest BCUT2D eigenvalue weighted by Crippen LogP contribution is 2.14. The van der Waals surface area contributed by atoms with Gasteiger partial charge in [-0.15, -0.1) is 0 Å². The molecule has 106 valence electrons. The molecular weight excluding hydrogens is 240 g/mol. The first-order chi connectivity index (χ1) is 8.99.